The highest BCUT2D eigenvalue weighted by Gasteiger charge is 2.29. The van der Waals surface area contributed by atoms with E-state index in [1.165, 1.54) is 11.0 Å². The number of amides is 2. The molecule has 1 fully saturated rings. The van der Waals surface area contributed by atoms with Crippen LogP contribution in [-0.4, -0.2) is 47.8 Å². The first kappa shape index (κ1) is 14.7. The van der Waals surface area contributed by atoms with E-state index in [1.807, 2.05) is 0 Å². The van der Waals surface area contributed by atoms with Gasteiger partial charge in [0.05, 0.1) is 24.4 Å². The van der Waals surface area contributed by atoms with E-state index < -0.39 is 23.9 Å². The number of rotatable bonds is 2. The SMILES string of the molecule is N#Cc1cc(F)ccc1NC(=O)N1CCOC(C(=O)O)C1. The Morgan fingerprint density at radius 3 is 2.95 bits per heavy atom. The molecule has 1 atom stereocenters. The second-order valence-electron chi connectivity index (χ2n) is 4.38. The summed E-state index contributed by atoms with van der Waals surface area (Å²) in [6, 6.07) is 4.63. The number of nitrogens with one attached hydrogen (secondary N) is 1. The smallest absolute Gasteiger partial charge is 0.334 e. The van der Waals surface area contributed by atoms with Gasteiger partial charge in [-0.05, 0) is 18.2 Å². The van der Waals surface area contributed by atoms with Crippen molar-refractivity contribution in [2.75, 3.05) is 25.0 Å². The van der Waals surface area contributed by atoms with E-state index in [0.717, 1.165) is 12.1 Å². The lowest BCUT2D eigenvalue weighted by molar-refractivity contribution is -0.154. The number of nitriles is 1. The van der Waals surface area contributed by atoms with Gasteiger partial charge in [-0.3, -0.25) is 0 Å². The van der Waals surface area contributed by atoms with Gasteiger partial charge in [-0.25, -0.2) is 14.0 Å². The summed E-state index contributed by atoms with van der Waals surface area (Å²) < 4.78 is 18.0. The summed E-state index contributed by atoms with van der Waals surface area (Å²) in [5.41, 5.74) is 0.161. The predicted molar refractivity (Wildman–Crippen MR) is 69.1 cm³/mol. The number of ether oxygens (including phenoxy) is 1. The number of nitrogens with zero attached hydrogens (tertiary/aromatic N) is 2. The number of carboxylic acid groups (broad SMARTS) is 1. The highest BCUT2D eigenvalue weighted by molar-refractivity contribution is 5.91. The van der Waals surface area contributed by atoms with Crippen LogP contribution in [0.5, 0.6) is 0 Å². The quantitative estimate of drug-likeness (QED) is 0.847. The van der Waals surface area contributed by atoms with Crippen molar-refractivity contribution in [3.63, 3.8) is 0 Å². The van der Waals surface area contributed by atoms with Crippen LogP contribution in [-0.2, 0) is 9.53 Å². The minimum absolute atomic E-state index is 0.00797. The molecule has 2 rings (SSSR count). The Hall–Kier alpha value is -2.66. The molecule has 7 nitrogen and oxygen atoms in total. The molecule has 0 saturated carbocycles. The summed E-state index contributed by atoms with van der Waals surface area (Å²) in [6.45, 7) is 0.252. The van der Waals surface area contributed by atoms with Gasteiger partial charge in [0, 0.05) is 6.54 Å². The topological polar surface area (TPSA) is 103 Å². The molecule has 110 valence electrons. The Kier molecular flexibility index (Phi) is 4.35. The van der Waals surface area contributed by atoms with Gasteiger partial charge in [-0.15, -0.1) is 0 Å². The third kappa shape index (κ3) is 3.46. The van der Waals surface area contributed by atoms with Crippen molar-refractivity contribution in [3.8, 4) is 6.07 Å². The zero-order valence-electron chi connectivity index (χ0n) is 10.9. The number of halogens is 1. The standard InChI is InChI=1S/C13H12FN3O4/c14-9-1-2-10(8(5-9)6-15)16-13(20)17-3-4-21-11(7-17)12(18)19/h1-2,5,11H,3-4,7H2,(H,16,20)(H,18,19). The van der Waals surface area contributed by atoms with Crippen LogP contribution in [0.3, 0.4) is 0 Å². The van der Waals surface area contributed by atoms with Crippen LogP contribution in [0.25, 0.3) is 0 Å². The van der Waals surface area contributed by atoms with Gasteiger partial charge in [0.1, 0.15) is 11.9 Å². The van der Waals surface area contributed by atoms with Crippen LogP contribution >= 0.6 is 0 Å². The number of hydrogen-bond donors (Lipinski definition) is 2. The molecule has 1 aromatic rings. The zero-order chi connectivity index (χ0) is 15.4. The Balaban J connectivity index is 2.08. The molecule has 1 unspecified atom stereocenters. The lowest BCUT2D eigenvalue weighted by Crippen LogP contribution is -2.50. The van der Waals surface area contributed by atoms with Crippen molar-refractivity contribution in [2.24, 2.45) is 0 Å². The number of urea groups is 1. The van der Waals surface area contributed by atoms with Crippen molar-refractivity contribution in [3.05, 3.63) is 29.6 Å². The van der Waals surface area contributed by atoms with E-state index >= 15 is 0 Å². The maximum absolute atomic E-state index is 13.0. The van der Waals surface area contributed by atoms with Gasteiger partial charge in [0.25, 0.3) is 0 Å². The average Bonchev–Trinajstić information content (AvgIpc) is 2.49. The predicted octanol–water partition coefficient (Wildman–Crippen LogP) is 1.01. The minimum atomic E-state index is -1.15. The van der Waals surface area contributed by atoms with Crippen molar-refractivity contribution in [1.82, 2.24) is 4.90 Å². The molecule has 21 heavy (non-hydrogen) atoms. The molecule has 1 heterocycles. The lowest BCUT2D eigenvalue weighted by Gasteiger charge is -2.30. The average molecular weight is 293 g/mol. The second kappa shape index (κ2) is 6.19. The van der Waals surface area contributed by atoms with E-state index in [9.17, 15) is 14.0 Å². The molecule has 1 aliphatic rings. The van der Waals surface area contributed by atoms with Crippen LogP contribution in [0, 0.1) is 17.1 Å². The molecule has 2 N–H and O–H groups in total. The third-order valence-electron chi connectivity index (χ3n) is 2.97. The Labute approximate surface area is 119 Å². The zero-order valence-corrected chi connectivity index (χ0v) is 10.9. The van der Waals surface area contributed by atoms with E-state index in [-0.39, 0.29) is 30.9 Å². The fourth-order valence-corrected chi connectivity index (χ4v) is 1.90. The summed E-state index contributed by atoms with van der Waals surface area (Å²) in [6.07, 6.45) is -1.08. The van der Waals surface area contributed by atoms with Crippen LogP contribution in [0.1, 0.15) is 5.56 Å². The monoisotopic (exact) mass is 293 g/mol. The van der Waals surface area contributed by atoms with Gasteiger partial charge in [-0.2, -0.15) is 5.26 Å². The fourth-order valence-electron chi connectivity index (χ4n) is 1.90. The summed E-state index contributed by atoms with van der Waals surface area (Å²) in [7, 11) is 0. The molecular formula is C13H12FN3O4. The molecule has 0 bridgehead atoms. The van der Waals surface area contributed by atoms with Gasteiger partial charge >= 0.3 is 12.0 Å². The molecule has 0 spiro atoms. The number of carboxylic acids is 1. The van der Waals surface area contributed by atoms with Crippen LogP contribution in [0.2, 0.25) is 0 Å². The van der Waals surface area contributed by atoms with Crippen molar-refractivity contribution < 1.29 is 23.8 Å². The number of benzene rings is 1. The highest BCUT2D eigenvalue weighted by atomic mass is 19.1. The van der Waals surface area contributed by atoms with Crippen LogP contribution < -0.4 is 5.32 Å². The fraction of sp³-hybridized carbons (Fsp3) is 0.308. The number of hydrogen-bond acceptors (Lipinski definition) is 4. The Morgan fingerprint density at radius 2 is 2.29 bits per heavy atom. The maximum atomic E-state index is 13.0. The number of anilines is 1. The van der Waals surface area contributed by atoms with E-state index in [4.69, 9.17) is 15.1 Å². The molecule has 0 radical (unpaired) electrons. The van der Waals surface area contributed by atoms with Crippen molar-refractivity contribution in [1.29, 1.82) is 5.26 Å². The molecule has 0 aliphatic carbocycles. The molecule has 1 aromatic carbocycles. The van der Waals surface area contributed by atoms with Crippen molar-refractivity contribution >= 4 is 17.7 Å². The first-order valence-corrected chi connectivity index (χ1v) is 6.11. The number of morpholine rings is 1. The first-order chi connectivity index (χ1) is 10.0. The Morgan fingerprint density at radius 1 is 1.52 bits per heavy atom. The third-order valence-corrected chi connectivity index (χ3v) is 2.97. The van der Waals surface area contributed by atoms with Gasteiger partial charge in [-0.1, -0.05) is 0 Å². The molecule has 2 amide bonds. The number of aliphatic carboxylic acids is 1. The van der Waals surface area contributed by atoms with Crippen LogP contribution in [0.15, 0.2) is 18.2 Å². The molecular weight excluding hydrogens is 281 g/mol. The lowest BCUT2D eigenvalue weighted by atomic mass is 10.2. The highest BCUT2D eigenvalue weighted by Crippen LogP contribution is 2.17. The first-order valence-electron chi connectivity index (χ1n) is 6.11. The molecule has 1 aliphatic heterocycles. The largest absolute Gasteiger partial charge is 0.479 e. The minimum Gasteiger partial charge on any atom is -0.479 e. The summed E-state index contributed by atoms with van der Waals surface area (Å²) in [5, 5.41) is 20.2. The van der Waals surface area contributed by atoms with Gasteiger partial charge in [0.15, 0.2) is 6.10 Å². The summed E-state index contributed by atoms with van der Waals surface area (Å²) >= 11 is 0. The second-order valence-corrected chi connectivity index (χ2v) is 4.38. The van der Waals surface area contributed by atoms with Gasteiger partial charge < -0.3 is 20.1 Å². The van der Waals surface area contributed by atoms with Crippen molar-refractivity contribution in [2.45, 2.75) is 6.10 Å². The van der Waals surface area contributed by atoms with E-state index in [2.05, 4.69) is 5.32 Å². The number of carbonyl (C=O) groups is 2. The number of carbonyl (C=O) groups excluding carboxylic acids is 1. The van der Waals surface area contributed by atoms with E-state index in [1.54, 1.807) is 6.07 Å². The normalized spacial score (nSPS) is 17.9. The van der Waals surface area contributed by atoms with Crippen LogP contribution in [0.4, 0.5) is 14.9 Å². The Bertz CT molecular complexity index is 614. The summed E-state index contributed by atoms with van der Waals surface area (Å²) in [5.74, 6) is -1.73. The van der Waals surface area contributed by atoms with Gasteiger partial charge in [0.2, 0.25) is 0 Å². The molecule has 8 heteroatoms. The molecule has 0 aromatic heterocycles. The summed E-state index contributed by atoms with van der Waals surface area (Å²) in [4.78, 5) is 24.2. The van der Waals surface area contributed by atoms with E-state index in [0.29, 0.717) is 0 Å². The maximum Gasteiger partial charge on any atom is 0.334 e. The molecule has 1 saturated heterocycles.